The van der Waals surface area contributed by atoms with Crippen LogP contribution in [-0.4, -0.2) is 36.0 Å². The lowest BCUT2D eigenvalue weighted by atomic mass is 10.1. The number of anilines is 1. The van der Waals surface area contributed by atoms with Crippen LogP contribution in [0.5, 0.6) is 0 Å². The second kappa shape index (κ2) is 7.73. The smallest absolute Gasteiger partial charge is 0.279 e. The van der Waals surface area contributed by atoms with E-state index in [0.717, 1.165) is 0 Å². The van der Waals surface area contributed by atoms with E-state index in [2.05, 4.69) is 25.5 Å². The van der Waals surface area contributed by atoms with E-state index in [1.54, 1.807) is 38.1 Å². The van der Waals surface area contributed by atoms with Crippen molar-refractivity contribution in [3.8, 4) is 11.3 Å². The Kier molecular flexibility index (Phi) is 5.10. The number of halogens is 1. The Morgan fingerprint density at radius 3 is 2.90 bits per heavy atom. The Hall–Kier alpha value is -3.50. The minimum atomic E-state index is -1.11. The van der Waals surface area contributed by atoms with Crippen molar-refractivity contribution < 1.29 is 18.7 Å². The number of hydrogen-bond acceptors (Lipinski definition) is 8. The zero-order valence-corrected chi connectivity index (χ0v) is 16.8. The van der Waals surface area contributed by atoms with Gasteiger partial charge in [-0.1, -0.05) is 23.7 Å². The average Bonchev–Trinajstić information content (AvgIpc) is 3.42. The van der Waals surface area contributed by atoms with Crippen LogP contribution in [0.2, 0.25) is 5.02 Å². The predicted molar refractivity (Wildman–Crippen MR) is 106 cm³/mol. The molecule has 4 rings (SSSR count). The van der Waals surface area contributed by atoms with Crippen molar-refractivity contribution in [1.82, 2.24) is 25.0 Å². The zero-order valence-electron chi connectivity index (χ0n) is 16.0. The topological polar surface area (TPSA) is 132 Å². The normalized spacial score (nSPS) is 11.6. The lowest BCUT2D eigenvalue weighted by molar-refractivity contribution is 0.0737. The van der Waals surface area contributed by atoms with E-state index in [-0.39, 0.29) is 18.1 Å². The lowest BCUT2D eigenvalue weighted by Gasteiger charge is -2.11. The maximum atomic E-state index is 12.6. The van der Waals surface area contributed by atoms with Crippen molar-refractivity contribution in [2.24, 2.45) is 0 Å². The molecule has 0 spiro atoms. The molecule has 2 N–H and O–H groups in total. The standard InChI is InChI=1S/C19H17ClN6O4/c1-19(2,28)13-9-29-15(23-13)8-26-22-7-14(25-26)24-18(27)16-17(30-10-21-16)11-4-3-5-12(20)6-11/h3-7,9-10,28H,8H2,1-2H3,(H,24,25,27). The second-order valence-electron chi connectivity index (χ2n) is 6.94. The summed E-state index contributed by atoms with van der Waals surface area (Å²) in [6.07, 6.45) is 3.95. The molecule has 0 aliphatic carbocycles. The molecule has 0 unspecified atom stereocenters. The number of carbonyl (C=O) groups is 1. The van der Waals surface area contributed by atoms with Crippen molar-refractivity contribution in [1.29, 1.82) is 0 Å². The number of rotatable bonds is 6. The molecule has 154 valence electrons. The quantitative estimate of drug-likeness (QED) is 0.478. The predicted octanol–water partition coefficient (Wildman–Crippen LogP) is 3.10. The largest absolute Gasteiger partial charge is 0.446 e. The van der Waals surface area contributed by atoms with Gasteiger partial charge in [0.15, 0.2) is 23.7 Å². The Bertz CT molecular complexity index is 1190. The molecule has 3 heterocycles. The molecular weight excluding hydrogens is 412 g/mol. The maximum absolute atomic E-state index is 12.6. The third-order valence-corrected chi connectivity index (χ3v) is 4.34. The Morgan fingerprint density at radius 2 is 2.17 bits per heavy atom. The molecule has 0 saturated carbocycles. The molecule has 0 aliphatic rings. The van der Waals surface area contributed by atoms with Gasteiger partial charge in [-0.3, -0.25) is 4.79 Å². The second-order valence-corrected chi connectivity index (χ2v) is 7.38. The van der Waals surface area contributed by atoms with Crippen LogP contribution in [0.1, 0.15) is 35.9 Å². The van der Waals surface area contributed by atoms with Gasteiger partial charge >= 0.3 is 0 Å². The monoisotopic (exact) mass is 428 g/mol. The molecule has 11 heteroatoms. The van der Waals surface area contributed by atoms with Gasteiger partial charge in [0.05, 0.1) is 6.20 Å². The van der Waals surface area contributed by atoms with E-state index < -0.39 is 11.5 Å². The Labute approximate surface area is 175 Å². The summed E-state index contributed by atoms with van der Waals surface area (Å²) >= 11 is 6.01. The van der Waals surface area contributed by atoms with E-state index in [9.17, 15) is 9.90 Å². The SMILES string of the molecule is CC(C)(O)c1coc(Cn2ncc(NC(=O)c3ncoc3-c3cccc(Cl)c3)n2)n1. The molecular formula is C19H17ClN6O4. The molecule has 0 radical (unpaired) electrons. The molecule has 1 amide bonds. The van der Waals surface area contributed by atoms with Crippen molar-refractivity contribution in [2.75, 3.05) is 5.32 Å². The number of aliphatic hydroxyl groups is 1. The molecule has 4 aromatic rings. The Morgan fingerprint density at radius 1 is 1.33 bits per heavy atom. The summed E-state index contributed by atoms with van der Waals surface area (Å²) in [4.78, 5) is 22.1. The van der Waals surface area contributed by atoms with E-state index >= 15 is 0 Å². The number of aromatic nitrogens is 5. The van der Waals surface area contributed by atoms with Crippen molar-refractivity contribution in [2.45, 2.75) is 26.0 Å². The molecule has 1 aromatic carbocycles. The van der Waals surface area contributed by atoms with Crippen LogP contribution in [0.3, 0.4) is 0 Å². The third kappa shape index (κ3) is 4.24. The van der Waals surface area contributed by atoms with Crippen molar-refractivity contribution >= 4 is 23.3 Å². The van der Waals surface area contributed by atoms with Gasteiger partial charge in [0.2, 0.25) is 5.89 Å². The number of hydrogen-bond donors (Lipinski definition) is 2. The van der Waals surface area contributed by atoms with Gasteiger partial charge in [-0.25, -0.2) is 9.97 Å². The Balaban J connectivity index is 1.46. The summed E-state index contributed by atoms with van der Waals surface area (Å²) in [7, 11) is 0. The van der Waals surface area contributed by atoms with E-state index in [4.69, 9.17) is 20.4 Å². The first kappa shape index (κ1) is 19.8. The molecule has 3 aromatic heterocycles. The minimum absolute atomic E-state index is 0.0920. The number of benzene rings is 1. The molecule has 0 aliphatic heterocycles. The van der Waals surface area contributed by atoms with Gasteiger partial charge < -0.3 is 19.3 Å². The van der Waals surface area contributed by atoms with Crippen molar-refractivity contribution in [3.63, 3.8) is 0 Å². The fraction of sp³-hybridized carbons (Fsp3) is 0.211. The van der Waals surface area contributed by atoms with Crippen LogP contribution >= 0.6 is 11.6 Å². The number of nitrogens with zero attached hydrogens (tertiary/aromatic N) is 5. The van der Waals surface area contributed by atoms with Gasteiger partial charge in [0.25, 0.3) is 5.91 Å². The number of amides is 1. The van der Waals surface area contributed by atoms with Crippen LogP contribution in [0.4, 0.5) is 5.82 Å². The highest BCUT2D eigenvalue weighted by molar-refractivity contribution is 6.30. The fourth-order valence-electron chi connectivity index (χ4n) is 2.63. The van der Waals surface area contributed by atoms with Crippen LogP contribution in [-0.2, 0) is 12.1 Å². The maximum Gasteiger partial charge on any atom is 0.279 e. The third-order valence-electron chi connectivity index (χ3n) is 4.10. The first-order chi connectivity index (χ1) is 14.3. The average molecular weight is 429 g/mol. The molecule has 0 bridgehead atoms. The van der Waals surface area contributed by atoms with Gasteiger partial charge in [0.1, 0.15) is 24.1 Å². The summed E-state index contributed by atoms with van der Waals surface area (Å²) < 4.78 is 10.7. The van der Waals surface area contributed by atoms with E-state index in [0.29, 0.717) is 27.9 Å². The molecule has 0 saturated heterocycles. The van der Waals surface area contributed by atoms with Crippen LogP contribution in [0.25, 0.3) is 11.3 Å². The van der Waals surface area contributed by atoms with Crippen LogP contribution < -0.4 is 5.32 Å². The fourth-order valence-corrected chi connectivity index (χ4v) is 2.82. The van der Waals surface area contributed by atoms with Gasteiger partial charge in [-0.05, 0) is 26.0 Å². The highest BCUT2D eigenvalue weighted by atomic mass is 35.5. The first-order valence-electron chi connectivity index (χ1n) is 8.88. The van der Waals surface area contributed by atoms with Crippen LogP contribution in [0, 0.1) is 0 Å². The highest BCUT2D eigenvalue weighted by Gasteiger charge is 2.22. The van der Waals surface area contributed by atoms with Gasteiger partial charge in [0, 0.05) is 10.6 Å². The number of nitrogens with one attached hydrogen (secondary N) is 1. The van der Waals surface area contributed by atoms with E-state index in [1.165, 1.54) is 23.7 Å². The summed E-state index contributed by atoms with van der Waals surface area (Å²) in [6, 6.07) is 6.91. The molecule has 0 fully saturated rings. The first-order valence-corrected chi connectivity index (χ1v) is 9.25. The number of carbonyl (C=O) groups excluding carboxylic acids is 1. The van der Waals surface area contributed by atoms with Gasteiger partial charge in [-0.2, -0.15) is 9.90 Å². The van der Waals surface area contributed by atoms with Gasteiger partial charge in [-0.15, -0.1) is 5.10 Å². The summed E-state index contributed by atoms with van der Waals surface area (Å²) in [6.45, 7) is 3.34. The molecule has 0 atom stereocenters. The summed E-state index contributed by atoms with van der Waals surface area (Å²) in [5.74, 6) is 0.321. The minimum Gasteiger partial charge on any atom is -0.446 e. The van der Waals surface area contributed by atoms with Crippen LogP contribution in [0.15, 0.2) is 52.0 Å². The van der Waals surface area contributed by atoms with E-state index in [1.807, 2.05) is 0 Å². The molecule has 10 nitrogen and oxygen atoms in total. The lowest BCUT2D eigenvalue weighted by Crippen LogP contribution is -2.16. The summed E-state index contributed by atoms with van der Waals surface area (Å²) in [5.41, 5.74) is 0.00360. The number of oxazole rings is 2. The zero-order chi connectivity index (χ0) is 21.3. The summed E-state index contributed by atoms with van der Waals surface area (Å²) in [5, 5.41) is 21.3. The van der Waals surface area contributed by atoms with Crippen molar-refractivity contribution in [3.05, 3.63) is 65.4 Å². The highest BCUT2D eigenvalue weighted by Crippen LogP contribution is 2.26. The molecule has 30 heavy (non-hydrogen) atoms.